The third-order valence-corrected chi connectivity index (χ3v) is 5.11. The Hall–Kier alpha value is -1.41. The summed E-state index contributed by atoms with van der Waals surface area (Å²) >= 11 is 3.18. The number of unbranched alkanes of at least 4 members (excludes halogenated alkanes) is 1. The second-order valence-corrected chi connectivity index (χ2v) is 6.47. The molecule has 0 unspecified atom stereocenters. The first-order valence-corrected chi connectivity index (χ1v) is 8.14. The molecule has 20 heavy (non-hydrogen) atoms. The van der Waals surface area contributed by atoms with Crippen molar-refractivity contribution in [2.24, 2.45) is 0 Å². The molecule has 1 N–H and O–H groups in total. The van der Waals surface area contributed by atoms with Gasteiger partial charge in [0.1, 0.15) is 0 Å². The van der Waals surface area contributed by atoms with Crippen LogP contribution in [0.2, 0.25) is 0 Å². The van der Waals surface area contributed by atoms with E-state index in [9.17, 15) is 4.79 Å². The van der Waals surface area contributed by atoms with Crippen LogP contribution in [0.3, 0.4) is 0 Å². The number of rotatable bonds is 6. The molecule has 0 radical (unpaired) electrons. The molecule has 0 aliphatic carbocycles. The van der Waals surface area contributed by atoms with Gasteiger partial charge in [-0.3, -0.25) is 4.79 Å². The number of Topliss-reactive ketones (excluding diaryl/α,β-unsaturated/α-hetero) is 1. The fourth-order valence-electron chi connectivity index (χ4n) is 1.80. The normalized spacial score (nSPS) is 10.1. The molecule has 0 saturated carbocycles. The molecule has 2 aromatic heterocycles. The maximum absolute atomic E-state index is 12.0. The van der Waals surface area contributed by atoms with E-state index in [4.69, 9.17) is 5.11 Å². The molecule has 0 saturated heterocycles. The fraction of sp³-hybridized carbons (Fsp3) is 0.312. The number of aliphatic hydroxyl groups excluding tert-OH is 1. The molecular weight excluding hydrogens is 288 g/mol. The largest absolute Gasteiger partial charge is 0.396 e. The highest BCUT2D eigenvalue weighted by Crippen LogP contribution is 2.33. The van der Waals surface area contributed by atoms with Crippen molar-refractivity contribution in [1.82, 2.24) is 0 Å². The number of aliphatic hydroxyl groups is 1. The highest BCUT2D eigenvalue weighted by molar-refractivity contribution is 7.23. The molecule has 2 rings (SSSR count). The van der Waals surface area contributed by atoms with Crippen molar-refractivity contribution >= 4 is 28.5 Å². The molecule has 104 valence electrons. The van der Waals surface area contributed by atoms with Gasteiger partial charge in [0.15, 0.2) is 5.78 Å². The Morgan fingerprint density at radius 1 is 1.15 bits per heavy atom. The summed E-state index contributed by atoms with van der Waals surface area (Å²) in [6.45, 7) is 1.98. The quantitative estimate of drug-likeness (QED) is 0.493. The number of carbonyl (C=O) groups is 1. The predicted octanol–water partition coefficient (Wildman–Crippen LogP) is 4.19. The molecular formula is C16H16O2S2. The van der Waals surface area contributed by atoms with Crippen LogP contribution in [0.5, 0.6) is 0 Å². The number of ketones is 1. The van der Waals surface area contributed by atoms with Gasteiger partial charge in [-0.2, -0.15) is 0 Å². The fourth-order valence-corrected chi connectivity index (χ4v) is 3.78. The van der Waals surface area contributed by atoms with Gasteiger partial charge in [0.25, 0.3) is 0 Å². The van der Waals surface area contributed by atoms with E-state index >= 15 is 0 Å². The Morgan fingerprint density at radius 3 is 2.65 bits per heavy atom. The minimum absolute atomic E-state index is 0.152. The molecule has 0 spiro atoms. The lowest BCUT2D eigenvalue weighted by molar-refractivity contribution is 0.0981. The van der Waals surface area contributed by atoms with Gasteiger partial charge in [0.2, 0.25) is 0 Å². The van der Waals surface area contributed by atoms with Gasteiger partial charge < -0.3 is 5.11 Å². The first-order chi connectivity index (χ1) is 9.74. The molecule has 0 atom stereocenters. The van der Waals surface area contributed by atoms with Crippen LogP contribution in [0, 0.1) is 11.8 Å². The summed E-state index contributed by atoms with van der Waals surface area (Å²) in [6, 6.07) is 7.96. The van der Waals surface area contributed by atoms with Crippen LogP contribution in [0.4, 0.5) is 0 Å². The number of carbonyl (C=O) groups excluding carboxylic acids is 1. The topological polar surface area (TPSA) is 37.3 Å². The molecule has 2 heterocycles. The molecule has 0 fully saturated rings. The molecule has 4 heteroatoms. The number of thiophene rings is 2. The van der Waals surface area contributed by atoms with E-state index in [-0.39, 0.29) is 12.4 Å². The summed E-state index contributed by atoms with van der Waals surface area (Å²) in [5.74, 6) is 6.10. The first-order valence-electron chi connectivity index (χ1n) is 6.51. The Bertz CT molecular complexity index is 641. The van der Waals surface area contributed by atoms with E-state index < -0.39 is 0 Å². The Kier molecular flexibility index (Phi) is 5.54. The van der Waals surface area contributed by atoms with Crippen LogP contribution in [0.25, 0.3) is 9.75 Å². The third-order valence-electron chi connectivity index (χ3n) is 2.79. The second-order valence-electron chi connectivity index (χ2n) is 4.31. The standard InChI is InChI=1S/C16H16O2S2/c1-2-5-12-7-8-15(19-12)16-10-9-14(20-16)13(18)6-3-4-11-17/h7-10,17H,3-4,6,11H2,1H3. The number of hydrogen-bond acceptors (Lipinski definition) is 4. The van der Waals surface area contributed by atoms with E-state index in [0.717, 1.165) is 25.9 Å². The zero-order valence-electron chi connectivity index (χ0n) is 11.3. The molecule has 2 aromatic rings. The molecule has 0 aliphatic rings. The monoisotopic (exact) mass is 304 g/mol. The van der Waals surface area contributed by atoms with Crippen molar-refractivity contribution in [3.05, 3.63) is 34.0 Å². The van der Waals surface area contributed by atoms with Crippen LogP contribution in [0.15, 0.2) is 24.3 Å². The maximum atomic E-state index is 12.0. The second kappa shape index (κ2) is 7.39. The average molecular weight is 304 g/mol. The van der Waals surface area contributed by atoms with Gasteiger partial charge in [-0.05, 0) is 44.0 Å². The van der Waals surface area contributed by atoms with E-state index in [0.29, 0.717) is 12.8 Å². The first kappa shape index (κ1) is 15.0. The van der Waals surface area contributed by atoms with E-state index in [2.05, 4.69) is 17.9 Å². The van der Waals surface area contributed by atoms with Crippen molar-refractivity contribution in [2.45, 2.75) is 26.2 Å². The molecule has 2 nitrogen and oxygen atoms in total. The van der Waals surface area contributed by atoms with E-state index in [1.807, 2.05) is 25.1 Å². The van der Waals surface area contributed by atoms with Crippen molar-refractivity contribution in [2.75, 3.05) is 6.61 Å². The van der Waals surface area contributed by atoms with E-state index in [1.165, 1.54) is 11.3 Å². The lowest BCUT2D eigenvalue weighted by atomic mass is 10.1. The third kappa shape index (κ3) is 3.80. The SMILES string of the molecule is CC#Cc1ccc(-c2ccc(C(=O)CCCCO)s2)s1. The van der Waals surface area contributed by atoms with Crippen molar-refractivity contribution in [3.63, 3.8) is 0 Å². The van der Waals surface area contributed by atoms with Gasteiger partial charge in [0, 0.05) is 22.8 Å². The Labute approximate surface area is 127 Å². The lowest BCUT2D eigenvalue weighted by Gasteiger charge is -1.96. The molecule has 0 amide bonds. The van der Waals surface area contributed by atoms with Gasteiger partial charge in [-0.1, -0.05) is 5.92 Å². The Balaban J connectivity index is 2.07. The zero-order valence-corrected chi connectivity index (χ0v) is 12.9. The summed E-state index contributed by atoms with van der Waals surface area (Å²) < 4.78 is 0. The van der Waals surface area contributed by atoms with Crippen molar-refractivity contribution in [3.8, 4) is 21.6 Å². The smallest absolute Gasteiger partial charge is 0.172 e. The minimum atomic E-state index is 0.152. The van der Waals surface area contributed by atoms with Gasteiger partial charge >= 0.3 is 0 Å². The lowest BCUT2D eigenvalue weighted by Crippen LogP contribution is -1.96. The highest BCUT2D eigenvalue weighted by atomic mass is 32.1. The summed E-state index contributed by atoms with van der Waals surface area (Å²) in [6.07, 6.45) is 1.95. The van der Waals surface area contributed by atoms with Crippen LogP contribution in [0.1, 0.15) is 40.7 Å². The predicted molar refractivity (Wildman–Crippen MR) is 85.5 cm³/mol. The van der Waals surface area contributed by atoms with Crippen LogP contribution < -0.4 is 0 Å². The van der Waals surface area contributed by atoms with Crippen molar-refractivity contribution < 1.29 is 9.90 Å². The Morgan fingerprint density at radius 2 is 1.90 bits per heavy atom. The van der Waals surface area contributed by atoms with Gasteiger partial charge in [-0.25, -0.2) is 0 Å². The summed E-state index contributed by atoms with van der Waals surface area (Å²) in [7, 11) is 0. The summed E-state index contributed by atoms with van der Waals surface area (Å²) in [4.78, 5) is 16.1. The molecule has 0 aliphatic heterocycles. The maximum Gasteiger partial charge on any atom is 0.172 e. The molecule has 0 aromatic carbocycles. The zero-order chi connectivity index (χ0) is 14.4. The summed E-state index contributed by atoms with van der Waals surface area (Å²) in [5, 5.41) is 8.73. The molecule has 0 bridgehead atoms. The van der Waals surface area contributed by atoms with Gasteiger partial charge in [-0.15, -0.1) is 28.6 Å². The van der Waals surface area contributed by atoms with Crippen LogP contribution in [-0.2, 0) is 0 Å². The summed E-state index contributed by atoms with van der Waals surface area (Å²) in [5.41, 5.74) is 0. The minimum Gasteiger partial charge on any atom is -0.396 e. The highest BCUT2D eigenvalue weighted by Gasteiger charge is 2.11. The van der Waals surface area contributed by atoms with Gasteiger partial charge in [0.05, 0.1) is 9.75 Å². The van der Waals surface area contributed by atoms with E-state index in [1.54, 1.807) is 11.3 Å². The van der Waals surface area contributed by atoms with Crippen LogP contribution in [-0.4, -0.2) is 17.5 Å². The number of hydrogen-bond donors (Lipinski definition) is 1. The van der Waals surface area contributed by atoms with Crippen molar-refractivity contribution in [1.29, 1.82) is 0 Å². The van der Waals surface area contributed by atoms with Crippen LogP contribution >= 0.6 is 22.7 Å². The average Bonchev–Trinajstić information content (AvgIpc) is 3.07.